The fourth-order valence-electron chi connectivity index (χ4n) is 4.53. The molecule has 0 aromatic heterocycles. The number of carbonyl (C=O) groups is 3. The van der Waals surface area contributed by atoms with Crippen LogP contribution in [-0.2, 0) is 9.53 Å². The monoisotopic (exact) mass is 624 g/mol. The average Bonchev–Trinajstić information content (AvgIpc) is 2.98. The molecule has 2 aromatic carbocycles. The molecule has 244 valence electrons. The number of hydrogen-bond acceptors (Lipinski definition) is 6. The zero-order valence-corrected chi connectivity index (χ0v) is 25.7. The number of esters is 3. The van der Waals surface area contributed by atoms with Gasteiger partial charge in [0.15, 0.2) is 17.7 Å². The van der Waals surface area contributed by atoms with Crippen molar-refractivity contribution < 1.29 is 46.2 Å². The first kappa shape index (κ1) is 36.8. The molecule has 0 aliphatic rings. The second kappa shape index (κ2) is 19.8. The van der Waals surface area contributed by atoms with Crippen molar-refractivity contribution in [2.75, 3.05) is 0 Å². The van der Waals surface area contributed by atoms with E-state index in [2.05, 4.69) is 13.8 Å². The zero-order valence-electron chi connectivity index (χ0n) is 25.7. The van der Waals surface area contributed by atoms with Gasteiger partial charge in [-0.05, 0) is 61.7 Å². The lowest BCUT2D eigenvalue weighted by molar-refractivity contribution is -0.206. The number of hydrogen-bond donors (Lipinski definition) is 0. The molecular formula is C34H44F4O6. The maximum Gasteiger partial charge on any atom is 0.425 e. The minimum Gasteiger partial charge on any atom is -0.449 e. The lowest BCUT2D eigenvalue weighted by Crippen LogP contribution is -2.33. The van der Waals surface area contributed by atoms with Gasteiger partial charge in [-0.2, -0.15) is 13.2 Å². The summed E-state index contributed by atoms with van der Waals surface area (Å²) in [4.78, 5) is 37.0. The number of carbonyl (C=O) groups excluding carboxylic acids is 3. The number of rotatable bonds is 20. The van der Waals surface area contributed by atoms with E-state index in [0.29, 0.717) is 19.3 Å². The summed E-state index contributed by atoms with van der Waals surface area (Å²) in [5.74, 6) is -3.85. The molecule has 6 nitrogen and oxygen atoms in total. The zero-order chi connectivity index (χ0) is 32.4. The van der Waals surface area contributed by atoms with Crippen molar-refractivity contribution >= 4 is 17.9 Å². The second-order valence-electron chi connectivity index (χ2n) is 10.9. The Balaban J connectivity index is 1.85. The number of halogens is 4. The van der Waals surface area contributed by atoms with Crippen molar-refractivity contribution in [3.8, 4) is 11.5 Å². The van der Waals surface area contributed by atoms with Crippen LogP contribution in [0, 0.1) is 5.82 Å². The van der Waals surface area contributed by atoms with Gasteiger partial charge in [0.25, 0.3) is 0 Å². The molecule has 0 fully saturated rings. The van der Waals surface area contributed by atoms with Crippen molar-refractivity contribution in [1.29, 1.82) is 0 Å². The maximum atomic E-state index is 14.5. The molecule has 0 spiro atoms. The molecular weight excluding hydrogens is 580 g/mol. The second-order valence-corrected chi connectivity index (χ2v) is 10.9. The molecule has 1 atom stereocenters. The van der Waals surface area contributed by atoms with Gasteiger partial charge in [-0.1, -0.05) is 84.5 Å². The highest BCUT2D eigenvalue weighted by Crippen LogP contribution is 2.29. The van der Waals surface area contributed by atoms with E-state index in [0.717, 1.165) is 63.5 Å². The molecule has 0 saturated carbocycles. The van der Waals surface area contributed by atoms with E-state index in [-0.39, 0.29) is 35.5 Å². The van der Waals surface area contributed by atoms with Crippen LogP contribution in [0.25, 0.3) is 0 Å². The van der Waals surface area contributed by atoms with Gasteiger partial charge >= 0.3 is 24.1 Å². The van der Waals surface area contributed by atoms with Crippen LogP contribution in [0.4, 0.5) is 17.6 Å². The van der Waals surface area contributed by atoms with Crippen molar-refractivity contribution in [2.24, 2.45) is 0 Å². The van der Waals surface area contributed by atoms with Crippen molar-refractivity contribution in [3.05, 3.63) is 59.4 Å². The summed E-state index contributed by atoms with van der Waals surface area (Å²) < 4.78 is 69.9. The van der Waals surface area contributed by atoms with Crippen LogP contribution in [0.2, 0.25) is 0 Å². The third-order valence-electron chi connectivity index (χ3n) is 7.11. The van der Waals surface area contributed by atoms with E-state index in [9.17, 15) is 31.9 Å². The SMILES string of the molecule is CCCCCCCCCC(=O)Oc1ccc(C(=O)Oc2ccc(C(=O)OC(CCCCCCCC)C(F)(F)F)cc2)cc1F. The van der Waals surface area contributed by atoms with Crippen LogP contribution in [-0.4, -0.2) is 30.2 Å². The lowest BCUT2D eigenvalue weighted by Gasteiger charge is -2.20. The van der Waals surface area contributed by atoms with Crippen LogP contribution >= 0.6 is 0 Å². The minimum absolute atomic E-state index is 0.0170. The summed E-state index contributed by atoms with van der Waals surface area (Å²) in [7, 11) is 0. The first-order chi connectivity index (χ1) is 21.0. The summed E-state index contributed by atoms with van der Waals surface area (Å²) in [6.07, 6.45) is 4.93. The largest absolute Gasteiger partial charge is 0.449 e. The first-order valence-corrected chi connectivity index (χ1v) is 15.6. The number of benzene rings is 2. The summed E-state index contributed by atoms with van der Waals surface area (Å²) in [5, 5.41) is 0. The number of alkyl halides is 3. The number of unbranched alkanes of at least 4 members (excludes halogenated alkanes) is 11. The predicted octanol–water partition coefficient (Wildman–Crippen LogP) is 9.93. The third-order valence-corrected chi connectivity index (χ3v) is 7.11. The molecule has 0 N–H and O–H groups in total. The van der Waals surface area contributed by atoms with Gasteiger partial charge in [0.2, 0.25) is 0 Å². The standard InChI is InChI=1S/C34H44F4O6/c1-3-5-7-9-11-13-15-17-31(39)43-29-23-20-26(24-28(29)35)33(41)42-27-21-18-25(19-22-27)32(40)44-30(34(36,37)38)16-14-12-10-8-6-4-2/h18-24,30H,3-17H2,1-2H3. The van der Waals surface area contributed by atoms with Crippen molar-refractivity contribution in [2.45, 2.75) is 122 Å². The van der Waals surface area contributed by atoms with Gasteiger partial charge in [-0.25, -0.2) is 14.0 Å². The van der Waals surface area contributed by atoms with Crippen LogP contribution in [0.1, 0.15) is 131 Å². The molecule has 0 radical (unpaired) electrons. The predicted molar refractivity (Wildman–Crippen MR) is 159 cm³/mol. The molecule has 44 heavy (non-hydrogen) atoms. The molecule has 0 heterocycles. The van der Waals surface area contributed by atoms with Crippen LogP contribution in [0.15, 0.2) is 42.5 Å². The Bertz CT molecular complexity index is 1160. The van der Waals surface area contributed by atoms with E-state index in [4.69, 9.17) is 14.2 Å². The Hall–Kier alpha value is -3.43. The highest BCUT2D eigenvalue weighted by Gasteiger charge is 2.42. The van der Waals surface area contributed by atoms with Gasteiger partial charge < -0.3 is 14.2 Å². The fraction of sp³-hybridized carbons (Fsp3) is 0.559. The molecule has 2 rings (SSSR count). The Morgan fingerprint density at radius 1 is 0.682 bits per heavy atom. The van der Waals surface area contributed by atoms with Gasteiger partial charge in [0.1, 0.15) is 5.75 Å². The third kappa shape index (κ3) is 13.9. The van der Waals surface area contributed by atoms with Gasteiger partial charge in [-0.15, -0.1) is 0 Å². The first-order valence-electron chi connectivity index (χ1n) is 15.6. The van der Waals surface area contributed by atoms with Gasteiger partial charge in [0.05, 0.1) is 11.1 Å². The Morgan fingerprint density at radius 2 is 1.23 bits per heavy atom. The van der Waals surface area contributed by atoms with Crippen LogP contribution in [0.3, 0.4) is 0 Å². The maximum absolute atomic E-state index is 14.5. The van der Waals surface area contributed by atoms with E-state index >= 15 is 0 Å². The highest BCUT2D eigenvalue weighted by atomic mass is 19.4. The van der Waals surface area contributed by atoms with E-state index in [1.807, 2.05) is 0 Å². The molecule has 0 amide bonds. The molecule has 10 heteroatoms. The molecule has 2 aromatic rings. The normalized spacial score (nSPS) is 12.0. The lowest BCUT2D eigenvalue weighted by atomic mass is 10.1. The summed E-state index contributed by atoms with van der Waals surface area (Å²) >= 11 is 0. The Labute approximate surface area is 257 Å². The van der Waals surface area contributed by atoms with Gasteiger partial charge in [0, 0.05) is 6.42 Å². The Morgan fingerprint density at radius 3 is 1.80 bits per heavy atom. The molecule has 0 saturated heterocycles. The molecule has 0 aliphatic carbocycles. The highest BCUT2D eigenvalue weighted by molar-refractivity contribution is 5.92. The van der Waals surface area contributed by atoms with Crippen LogP contribution < -0.4 is 9.47 Å². The van der Waals surface area contributed by atoms with E-state index in [1.54, 1.807) is 0 Å². The minimum atomic E-state index is -4.69. The van der Waals surface area contributed by atoms with Crippen molar-refractivity contribution in [1.82, 2.24) is 0 Å². The molecule has 1 unspecified atom stereocenters. The molecule has 0 bridgehead atoms. The van der Waals surface area contributed by atoms with E-state index < -0.39 is 36.0 Å². The summed E-state index contributed by atoms with van der Waals surface area (Å²) in [6.45, 7) is 4.19. The quantitative estimate of drug-likeness (QED) is 0.0631. The van der Waals surface area contributed by atoms with E-state index in [1.165, 1.54) is 43.2 Å². The smallest absolute Gasteiger partial charge is 0.425 e. The fourth-order valence-corrected chi connectivity index (χ4v) is 4.53. The molecule has 0 aliphatic heterocycles. The average molecular weight is 625 g/mol. The Kier molecular flexibility index (Phi) is 16.5. The summed E-state index contributed by atoms with van der Waals surface area (Å²) in [6, 6.07) is 8.09. The van der Waals surface area contributed by atoms with Crippen molar-refractivity contribution in [3.63, 3.8) is 0 Å². The van der Waals surface area contributed by atoms with Gasteiger partial charge in [-0.3, -0.25) is 4.79 Å². The summed E-state index contributed by atoms with van der Waals surface area (Å²) in [5.41, 5.74) is -0.295. The number of ether oxygens (including phenoxy) is 3. The topological polar surface area (TPSA) is 78.9 Å². The van der Waals surface area contributed by atoms with Crippen LogP contribution in [0.5, 0.6) is 11.5 Å².